The van der Waals surface area contributed by atoms with Crippen molar-refractivity contribution in [3.63, 3.8) is 0 Å². The van der Waals surface area contributed by atoms with Crippen LogP contribution in [0.2, 0.25) is 5.02 Å². The van der Waals surface area contributed by atoms with E-state index in [9.17, 15) is 4.79 Å². The van der Waals surface area contributed by atoms with Gasteiger partial charge in [-0.2, -0.15) is 0 Å². The average molecular weight is 338 g/mol. The summed E-state index contributed by atoms with van der Waals surface area (Å²) in [5.41, 5.74) is 9.14. The Balaban J connectivity index is 1.94. The molecule has 5 heteroatoms. The van der Waals surface area contributed by atoms with Crippen LogP contribution in [0.4, 0.5) is 5.69 Å². The van der Waals surface area contributed by atoms with Crippen molar-refractivity contribution in [2.45, 2.75) is 19.4 Å². The van der Waals surface area contributed by atoms with Crippen molar-refractivity contribution in [3.8, 4) is 0 Å². The lowest BCUT2D eigenvalue weighted by molar-refractivity contribution is 0.587. The molecular formula is C19H16ClN3O. The fourth-order valence-corrected chi connectivity index (χ4v) is 3.36. The second-order valence-electron chi connectivity index (χ2n) is 6.00. The van der Waals surface area contributed by atoms with Gasteiger partial charge in [-0.25, -0.2) is 4.98 Å². The van der Waals surface area contributed by atoms with E-state index in [1.807, 2.05) is 24.3 Å². The maximum Gasteiger partial charge on any atom is 0.261 e. The first-order valence-corrected chi connectivity index (χ1v) is 8.26. The van der Waals surface area contributed by atoms with Gasteiger partial charge in [-0.15, -0.1) is 0 Å². The number of rotatable bonds is 1. The van der Waals surface area contributed by atoms with Crippen LogP contribution in [0.25, 0.3) is 22.6 Å². The molecule has 0 radical (unpaired) electrons. The molecule has 0 aliphatic carbocycles. The molecular weight excluding hydrogens is 322 g/mol. The number of anilines is 1. The average Bonchev–Trinajstić information content (AvgIpc) is 2.56. The zero-order chi connectivity index (χ0) is 16.7. The molecule has 2 aromatic carbocycles. The molecule has 4 nitrogen and oxygen atoms in total. The van der Waals surface area contributed by atoms with E-state index in [4.69, 9.17) is 22.3 Å². The Morgan fingerprint density at radius 3 is 2.92 bits per heavy atom. The highest BCUT2D eigenvalue weighted by Gasteiger charge is 2.19. The van der Waals surface area contributed by atoms with Gasteiger partial charge in [0.25, 0.3) is 5.56 Å². The first kappa shape index (κ1) is 15.0. The molecule has 24 heavy (non-hydrogen) atoms. The van der Waals surface area contributed by atoms with E-state index in [0.717, 1.165) is 29.8 Å². The summed E-state index contributed by atoms with van der Waals surface area (Å²) in [5, 5.41) is 1.30. The zero-order valence-corrected chi connectivity index (χ0v) is 13.8. The van der Waals surface area contributed by atoms with Crippen LogP contribution in [0.5, 0.6) is 0 Å². The number of hydrogen-bond acceptors (Lipinski definition) is 3. The number of nitrogens with two attached hydrogens (primary N) is 1. The normalized spacial score (nSPS) is 15.6. The van der Waals surface area contributed by atoms with Crippen LogP contribution in [0, 0.1) is 0 Å². The number of nitrogens with zero attached hydrogens (tertiary/aromatic N) is 2. The quantitative estimate of drug-likeness (QED) is 0.683. The molecule has 3 aromatic rings. The lowest BCUT2D eigenvalue weighted by atomic mass is 10.0. The molecule has 0 amide bonds. The fourth-order valence-electron chi connectivity index (χ4n) is 3.16. The lowest BCUT2D eigenvalue weighted by Crippen LogP contribution is -2.27. The van der Waals surface area contributed by atoms with E-state index < -0.39 is 0 Å². The first-order valence-electron chi connectivity index (χ1n) is 7.88. The van der Waals surface area contributed by atoms with Gasteiger partial charge in [0.05, 0.1) is 10.9 Å². The van der Waals surface area contributed by atoms with E-state index >= 15 is 0 Å². The van der Waals surface area contributed by atoms with Gasteiger partial charge < -0.3 is 5.73 Å². The molecule has 4 rings (SSSR count). The smallest absolute Gasteiger partial charge is 0.261 e. The summed E-state index contributed by atoms with van der Waals surface area (Å²) in [7, 11) is 0. The van der Waals surface area contributed by atoms with Crippen LogP contribution in [-0.2, 0) is 6.54 Å². The third kappa shape index (κ3) is 2.59. The van der Waals surface area contributed by atoms with E-state index in [1.165, 1.54) is 0 Å². The van der Waals surface area contributed by atoms with Crippen LogP contribution < -0.4 is 11.3 Å². The molecule has 0 bridgehead atoms. The number of nitrogen functional groups attached to an aromatic ring is 1. The summed E-state index contributed by atoms with van der Waals surface area (Å²) in [6.45, 7) is 0.689. The minimum Gasteiger partial charge on any atom is -0.399 e. The van der Waals surface area contributed by atoms with Crippen molar-refractivity contribution in [1.29, 1.82) is 0 Å². The predicted octanol–water partition coefficient (Wildman–Crippen LogP) is 3.97. The molecule has 1 aliphatic rings. The maximum atomic E-state index is 12.8. The van der Waals surface area contributed by atoms with Crippen molar-refractivity contribution in [3.05, 3.63) is 69.2 Å². The summed E-state index contributed by atoms with van der Waals surface area (Å²) in [6, 6.07) is 12.9. The third-order valence-corrected chi connectivity index (χ3v) is 4.52. The van der Waals surface area contributed by atoms with Crippen LogP contribution in [0.15, 0.2) is 47.3 Å². The number of halogens is 1. The van der Waals surface area contributed by atoms with Crippen LogP contribution in [0.1, 0.15) is 24.2 Å². The number of fused-ring (bicyclic) bond motifs is 2. The summed E-state index contributed by atoms with van der Waals surface area (Å²) < 4.78 is 1.76. The molecule has 120 valence electrons. The number of allylic oxidation sites excluding steroid dienone is 1. The second kappa shape index (κ2) is 5.80. The summed E-state index contributed by atoms with van der Waals surface area (Å²) in [4.78, 5) is 17.5. The summed E-state index contributed by atoms with van der Waals surface area (Å²) in [6.07, 6.45) is 3.86. The number of hydrogen-bond donors (Lipinski definition) is 1. The Labute approximate surface area is 144 Å². The predicted molar refractivity (Wildman–Crippen MR) is 99.0 cm³/mol. The van der Waals surface area contributed by atoms with Crippen LogP contribution >= 0.6 is 11.6 Å². The fraction of sp³-hybridized carbons (Fsp3) is 0.158. The second-order valence-corrected chi connectivity index (χ2v) is 6.43. The molecule has 1 aliphatic heterocycles. The van der Waals surface area contributed by atoms with Gasteiger partial charge in [0.2, 0.25) is 0 Å². The zero-order valence-electron chi connectivity index (χ0n) is 13.0. The number of benzene rings is 2. The summed E-state index contributed by atoms with van der Waals surface area (Å²) in [5.74, 6) is 0.726. The molecule has 0 atom stereocenters. The molecule has 0 saturated heterocycles. The Morgan fingerprint density at radius 2 is 2.08 bits per heavy atom. The molecule has 0 fully saturated rings. The lowest BCUT2D eigenvalue weighted by Gasteiger charge is -2.21. The molecule has 1 aromatic heterocycles. The number of aromatic nitrogens is 2. The van der Waals surface area contributed by atoms with E-state index in [0.29, 0.717) is 28.2 Å². The summed E-state index contributed by atoms with van der Waals surface area (Å²) >= 11 is 6.07. The van der Waals surface area contributed by atoms with Crippen molar-refractivity contribution in [2.24, 2.45) is 0 Å². The highest BCUT2D eigenvalue weighted by Crippen LogP contribution is 2.28. The van der Waals surface area contributed by atoms with Gasteiger partial charge in [-0.3, -0.25) is 9.36 Å². The van der Waals surface area contributed by atoms with Crippen molar-refractivity contribution < 1.29 is 0 Å². The molecule has 0 unspecified atom stereocenters. The van der Waals surface area contributed by atoms with Crippen molar-refractivity contribution in [2.75, 3.05) is 5.73 Å². The molecule has 0 saturated carbocycles. The standard InChI is InChI=1S/C19H16ClN3O/c20-14-5-1-3-12(10-14)9-13-4-2-8-23-18(13)22-17-11-15(21)6-7-16(17)19(23)24/h1,3,5-7,9-11H,2,4,8,21H2/b13-9+. The first-order chi connectivity index (χ1) is 11.6. The Morgan fingerprint density at radius 1 is 1.21 bits per heavy atom. The maximum absolute atomic E-state index is 12.8. The SMILES string of the molecule is Nc1ccc2c(=O)n3c(nc2c1)/C(=C/c1cccc(Cl)c1)CCC3. The highest BCUT2D eigenvalue weighted by atomic mass is 35.5. The third-order valence-electron chi connectivity index (χ3n) is 4.28. The highest BCUT2D eigenvalue weighted by molar-refractivity contribution is 6.30. The van der Waals surface area contributed by atoms with Crippen molar-refractivity contribution in [1.82, 2.24) is 9.55 Å². The van der Waals surface area contributed by atoms with E-state index in [-0.39, 0.29) is 5.56 Å². The molecule has 0 spiro atoms. The monoisotopic (exact) mass is 337 g/mol. The minimum atomic E-state index is -0.00769. The van der Waals surface area contributed by atoms with E-state index in [1.54, 1.807) is 22.8 Å². The van der Waals surface area contributed by atoms with Gasteiger partial charge in [0.15, 0.2) is 0 Å². The largest absolute Gasteiger partial charge is 0.399 e. The van der Waals surface area contributed by atoms with Gasteiger partial charge in [-0.1, -0.05) is 23.7 Å². The molecule has 2 heterocycles. The van der Waals surface area contributed by atoms with Gasteiger partial charge in [0, 0.05) is 17.3 Å². The Kier molecular flexibility index (Phi) is 3.62. The van der Waals surface area contributed by atoms with E-state index in [2.05, 4.69) is 6.08 Å². The van der Waals surface area contributed by atoms with Crippen molar-refractivity contribution >= 4 is 39.8 Å². The van der Waals surface area contributed by atoms with Gasteiger partial charge in [0.1, 0.15) is 5.82 Å². The minimum absolute atomic E-state index is 0.00769. The van der Waals surface area contributed by atoms with Gasteiger partial charge in [-0.05, 0) is 60.4 Å². The van der Waals surface area contributed by atoms with Crippen LogP contribution in [0.3, 0.4) is 0 Å². The van der Waals surface area contributed by atoms with Gasteiger partial charge >= 0.3 is 0 Å². The van der Waals surface area contributed by atoms with Crippen LogP contribution in [-0.4, -0.2) is 9.55 Å². The Hall–Kier alpha value is -2.59. The Bertz CT molecular complexity index is 1040. The molecule has 2 N–H and O–H groups in total. The topological polar surface area (TPSA) is 60.9 Å².